The number of nitrogens with one attached hydrogen (secondary N) is 1. The summed E-state index contributed by atoms with van der Waals surface area (Å²) in [5, 5.41) is 3.42. The smallest absolute Gasteiger partial charge is 0.236 e. The number of carbonyl (C=O) groups excluding carboxylic acids is 1. The first kappa shape index (κ1) is 14.5. The van der Waals surface area contributed by atoms with E-state index in [0.29, 0.717) is 18.5 Å². The molecular formula is C13H27N3O. The highest BCUT2D eigenvalue weighted by Gasteiger charge is 2.28. The van der Waals surface area contributed by atoms with Gasteiger partial charge < -0.3 is 10.2 Å². The maximum atomic E-state index is 11.8. The molecule has 0 bridgehead atoms. The molecule has 0 aromatic rings. The molecule has 4 heteroatoms. The monoisotopic (exact) mass is 241 g/mol. The van der Waals surface area contributed by atoms with Gasteiger partial charge in [0.15, 0.2) is 0 Å². The first-order valence-electron chi connectivity index (χ1n) is 6.71. The van der Waals surface area contributed by atoms with Crippen molar-refractivity contribution in [2.75, 3.05) is 40.3 Å². The van der Waals surface area contributed by atoms with Gasteiger partial charge in [-0.3, -0.25) is 9.69 Å². The number of amides is 1. The molecule has 0 spiro atoms. The molecule has 1 amide bonds. The average Bonchev–Trinajstić information content (AvgIpc) is 2.29. The van der Waals surface area contributed by atoms with E-state index in [-0.39, 0.29) is 5.91 Å². The molecule has 1 heterocycles. The minimum atomic E-state index is 0.212. The van der Waals surface area contributed by atoms with Crippen LogP contribution in [-0.2, 0) is 4.79 Å². The van der Waals surface area contributed by atoms with Crippen molar-refractivity contribution in [2.45, 2.75) is 32.7 Å². The van der Waals surface area contributed by atoms with Crippen LogP contribution in [0.4, 0.5) is 0 Å². The highest BCUT2D eigenvalue weighted by atomic mass is 16.2. The number of carbonyl (C=O) groups is 1. The summed E-state index contributed by atoms with van der Waals surface area (Å²) in [5.41, 5.74) is 0. The Labute approximate surface area is 105 Å². The van der Waals surface area contributed by atoms with Crippen molar-refractivity contribution < 1.29 is 4.79 Å². The molecule has 0 aliphatic carbocycles. The van der Waals surface area contributed by atoms with Crippen LogP contribution in [-0.4, -0.2) is 62.0 Å². The quantitative estimate of drug-likeness (QED) is 0.773. The van der Waals surface area contributed by atoms with E-state index in [0.717, 1.165) is 32.5 Å². The minimum absolute atomic E-state index is 0.212. The lowest BCUT2D eigenvalue weighted by molar-refractivity contribution is -0.130. The number of rotatable bonds is 5. The van der Waals surface area contributed by atoms with E-state index in [9.17, 15) is 4.79 Å². The second-order valence-corrected chi connectivity index (χ2v) is 5.30. The largest absolute Gasteiger partial charge is 0.348 e. The van der Waals surface area contributed by atoms with Crippen LogP contribution in [0.25, 0.3) is 0 Å². The fourth-order valence-corrected chi connectivity index (χ4v) is 2.51. The Kier molecular flexibility index (Phi) is 5.92. The first-order chi connectivity index (χ1) is 8.06. The van der Waals surface area contributed by atoms with Gasteiger partial charge in [0, 0.05) is 20.1 Å². The number of hydrogen-bond donors (Lipinski definition) is 1. The topological polar surface area (TPSA) is 35.6 Å². The maximum Gasteiger partial charge on any atom is 0.236 e. The summed E-state index contributed by atoms with van der Waals surface area (Å²) < 4.78 is 0. The molecule has 2 unspecified atom stereocenters. The summed E-state index contributed by atoms with van der Waals surface area (Å²) >= 11 is 0. The van der Waals surface area contributed by atoms with Crippen molar-refractivity contribution in [3.05, 3.63) is 0 Å². The van der Waals surface area contributed by atoms with Gasteiger partial charge >= 0.3 is 0 Å². The second kappa shape index (κ2) is 6.97. The zero-order chi connectivity index (χ0) is 12.8. The van der Waals surface area contributed by atoms with Crippen molar-refractivity contribution in [3.63, 3.8) is 0 Å². The first-order valence-corrected chi connectivity index (χ1v) is 6.71. The summed E-state index contributed by atoms with van der Waals surface area (Å²) in [4.78, 5) is 15.9. The molecule has 0 aromatic carbocycles. The lowest BCUT2D eigenvalue weighted by atomic mass is 9.93. The Morgan fingerprint density at radius 2 is 2.12 bits per heavy atom. The van der Waals surface area contributed by atoms with E-state index in [1.165, 1.54) is 0 Å². The molecule has 1 aliphatic heterocycles. The second-order valence-electron chi connectivity index (χ2n) is 5.30. The highest BCUT2D eigenvalue weighted by molar-refractivity contribution is 5.77. The van der Waals surface area contributed by atoms with E-state index in [4.69, 9.17) is 0 Å². The summed E-state index contributed by atoms with van der Waals surface area (Å²) in [6.45, 7) is 8.19. The van der Waals surface area contributed by atoms with Crippen molar-refractivity contribution in [1.82, 2.24) is 15.1 Å². The molecule has 0 radical (unpaired) electrons. The van der Waals surface area contributed by atoms with E-state index in [1.807, 2.05) is 14.1 Å². The van der Waals surface area contributed by atoms with Crippen molar-refractivity contribution >= 4 is 5.91 Å². The van der Waals surface area contributed by atoms with Crippen LogP contribution in [0.5, 0.6) is 0 Å². The van der Waals surface area contributed by atoms with Crippen LogP contribution in [0, 0.1) is 5.92 Å². The van der Waals surface area contributed by atoms with Gasteiger partial charge in [-0.25, -0.2) is 0 Å². The van der Waals surface area contributed by atoms with Gasteiger partial charge in [0.25, 0.3) is 0 Å². The average molecular weight is 241 g/mol. The lowest BCUT2D eigenvalue weighted by Crippen LogP contribution is -2.51. The third-order valence-electron chi connectivity index (χ3n) is 3.56. The van der Waals surface area contributed by atoms with Gasteiger partial charge in [-0.05, 0) is 38.4 Å². The fraction of sp³-hybridized carbons (Fsp3) is 0.923. The summed E-state index contributed by atoms with van der Waals surface area (Å²) in [6, 6.07) is 0.556. The van der Waals surface area contributed by atoms with Crippen molar-refractivity contribution in [3.8, 4) is 0 Å². The Hall–Kier alpha value is -0.610. The molecule has 100 valence electrons. The molecule has 1 fully saturated rings. The molecule has 1 rings (SSSR count). The Morgan fingerprint density at radius 3 is 2.65 bits per heavy atom. The third-order valence-corrected chi connectivity index (χ3v) is 3.56. The Balaban J connectivity index is 2.60. The molecule has 1 saturated heterocycles. The predicted octanol–water partition coefficient (Wildman–Crippen LogP) is 0.785. The SMILES string of the molecule is CCCN(CC(=O)N(C)C)C1CCNCC1C. The van der Waals surface area contributed by atoms with Gasteiger partial charge in [-0.2, -0.15) is 0 Å². The molecule has 1 N–H and O–H groups in total. The van der Waals surface area contributed by atoms with Gasteiger partial charge in [0.05, 0.1) is 6.54 Å². The van der Waals surface area contributed by atoms with Crippen molar-refractivity contribution in [2.24, 2.45) is 5.92 Å². The van der Waals surface area contributed by atoms with Crippen LogP contribution in [0.2, 0.25) is 0 Å². The summed E-state index contributed by atoms with van der Waals surface area (Å²) in [6.07, 6.45) is 2.26. The van der Waals surface area contributed by atoms with Crippen molar-refractivity contribution in [1.29, 1.82) is 0 Å². The van der Waals surface area contributed by atoms with Crippen LogP contribution >= 0.6 is 0 Å². The standard InChI is InChI=1S/C13H27N3O/c1-5-8-16(10-13(17)15(3)4)12-6-7-14-9-11(12)2/h11-12,14H,5-10H2,1-4H3. The molecule has 1 aliphatic rings. The summed E-state index contributed by atoms with van der Waals surface area (Å²) in [5.74, 6) is 0.842. The normalized spacial score (nSPS) is 25.0. The number of hydrogen-bond acceptors (Lipinski definition) is 3. The molecule has 17 heavy (non-hydrogen) atoms. The molecule has 4 nitrogen and oxygen atoms in total. The minimum Gasteiger partial charge on any atom is -0.348 e. The number of nitrogens with zero attached hydrogens (tertiary/aromatic N) is 2. The molecule has 0 aromatic heterocycles. The Bertz CT molecular complexity index is 243. The molecule has 2 atom stereocenters. The molecule has 0 saturated carbocycles. The van der Waals surface area contributed by atoms with Crippen LogP contribution in [0.15, 0.2) is 0 Å². The molecular weight excluding hydrogens is 214 g/mol. The van der Waals surface area contributed by atoms with Crippen LogP contribution in [0.3, 0.4) is 0 Å². The third kappa shape index (κ3) is 4.28. The number of likely N-dealkylation sites (N-methyl/N-ethyl adjacent to an activating group) is 1. The van der Waals surface area contributed by atoms with E-state index in [2.05, 4.69) is 24.1 Å². The van der Waals surface area contributed by atoms with Gasteiger partial charge in [-0.1, -0.05) is 13.8 Å². The zero-order valence-electron chi connectivity index (χ0n) is 11.7. The van der Waals surface area contributed by atoms with E-state index in [1.54, 1.807) is 4.90 Å². The van der Waals surface area contributed by atoms with E-state index < -0.39 is 0 Å². The van der Waals surface area contributed by atoms with E-state index >= 15 is 0 Å². The lowest BCUT2D eigenvalue weighted by Gasteiger charge is -2.38. The van der Waals surface area contributed by atoms with Crippen LogP contribution < -0.4 is 5.32 Å². The maximum absolute atomic E-state index is 11.8. The predicted molar refractivity (Wildman–Crippen MR) is 71.0 cm³/mol. The van der Waals surface area contributed by atoms with Gasteiger partial charge in [-0.15, -0.1) is 0 Å². The summed E-state index contributed by atoms with van der Waals surface area (Å²) in [7, 11) is 3.66. The highest BCUT2D eigenvalue weighted by Crippen LogP contribution is 2.18. The zero-order valence-corrected chi connectivity index (χ0v) is 11.7. The number of piperidine rings is 1. The van der Waals surface area contributed by atoms with Gasteiger partial charge in [0.1, 0.15) is 0 Å². The fourth-order valence-electron chi connectivity index (χ4n) is 2.51. The Morgan fingerprint density at radius 1 is 1.41 bits per heavy atom. The van der Waals surface area contributed by atoms with Crippen LogP contribution in [0.1, 0.15) is 26.7 Å². The van der Waals surface area contributed by atoms with Gasteiger partial charge in [0.2, 0.25) is 5.91 Å².